The van der Waals surface area contributed by atoms with E-state index in [2.05, 4.69) is 5.32 Å². The molecule has 2 amide bonds. The number of nitrogens with zero attached hydrogens (tertiary/aromatic N) is 3. The number of halogens is 2. The lowest BCUT2D eigenvalue weighted by Gasteiger charge is -2.43. The molecular formula is C36H42F2N4O5. The van der Waals surface area contributed by atoms with Crippen LogP contribution < -0.4 is 15.6 Å². The van der Waals surface area contributed by atoms with Crippen LogP contribution in [0.2, 0.25) is 0 Å². The van der Waals surface area contributed by atoms with Crippen molar-refractivity contribution in [2.75, 3.05) is 32.8 Å². The second-order valence-electron chi connectivity index (χ2n) is 13.8. The normalized spacial score (nSPS) is 24.0. The molecule has 4 aliphatic rings. The Morgan fingerprint density at radius 3 is 2.53 bits per heavy atom. The van der Waals surface area contributed by atoms with Crippen LogP contribution in [0.4, 0.5) is 8.78 Å². The molecule has 4 heterocycles. The minimum atomic E-state index is -3.08. The molecule has 1 saturated carbocycles. The van der Waals surface area contributed by atoms with E-state index in [0.717, 1.165) is 37.5 Å². The summed E-state index contributed by atoms with van der Waals surface area (Å²) in [6.07, 6.45) is 7.06. The number of fused-ring (bicyclic) bond motifs is 1. The van der Waals surface area contributed by atoms with Gasteiger partial charge in [-0.3, -0.25) is 19.3 Å². The first-order valence-electron chi connectivity index (χ1n) is 16.9. The number of ether oxygens (including phenoxy) is 2. The molecule has 2 atom stereocenters. The van der Waals surface area contributed by atoms with Gasteiger partial charge in [0.05, 0.1) is 12.6 Å². The summed E-state index contributed by atoms with van der Waals surface area (Å²) in [4.78, 5) is 42.8. The van der Waals surface area contributed by atoms with Crippen LogP contribution in [0.25, 0.3) is 10.8 Å². The van der Waals surface area contributed by atoms with Crippen LogP contribution >= 0.6 is 0 Å². The third-order valence-electron chi connectivity index (χ3n) is 10.3. The lowest BCUT2D eigenvalue weighted by molar-refractivity contribution is -0.128. The molecule has 250 valence electrons. The zero-order valence-corrected chi connectivity index (χ0v) is 26.8. The Hall–Kier alpha value is -3.83. The van der Waals surface area contributed by atoms with E-state index in [1.807, 2.05) is 24.1 Å². The number of alkyl halides is 2. The topological polar surface area (TPSA) is 93.1 Å². The Kier molecular flexibility index (Phi) is 8.78. The van der Waals surface area contributed by atoms with Crippen molar-refractivity contribution >= 4 is 22.6 Å². The van der Waals surface area contributed by atoms with E-state index in [0.29, 0.717) is 61.7 Å². The second-order valence-corrected chi connectivity index (χ2v) is 13.8. The van der Waals surface area contributed by atoms with Gasteiger partial charge in [-0.1, -0.05) is 13.0 Å². The first-order chi connectivity index (χ1) is 22.6. The van der Waals surface area contributed by atoms with Gasteiger partial charge in [0, 0.05) is 74.1 Å². The average molecular weight is 649 g/mol. The van der Waals surface area contributed by atoms with Gasteiger partial charge in [-0.2, -0.15) is 0 Å². The van der Waals surface area contributed by atoms with Crippen molar-refractivity contribution in [3.8, 4) is 11.5 Å². The molecule has 1 aromatic heterocycles. The number of nitrogens with one attached hydrogen (secondary N) is 1. The molecule has 0 bridgehead atoms. The Morgan fingerprint density at radius 2 is 1.83 bits per heavy atom. The van der Waals surface area contributed by atoms with Gasteiger partial charge in [-0.05, 0) is 86.2 Å². The number of amides is 2. The number of carbonyl (C=O) groups is 2. The van der Waals surface area contributed by atoms with Crippen molar-refractivity contribution in [3.63, 3.8) is 0 Å². The molecule has 0 spiro atoms. The van der Waals surface area contributed by atoms with Gasteiger partial charge in [0.15, 0.2) is 0 Å². The van der Waals surface area contributed by atoms with Crippen molar-refractivity contribution in [3.05, 3.63) is 70.1 Å². The smallest absolute Gasteiger partial charge is 0.280 e. The van der Waals surface area contributed by atoms with Crippen LogP contribution in [-0.4, -0.2) is 77.0 Å². The molecule has 11 heteroatoms. The van der Waals surface area contributed by atoms with Crippen molar-refractivity contribution in [2.45, 2.75) is 82.5 Å². The summed E-state index contributed by atoms with van der Waals surface area (Å²) in [6, 6.07) is 11.1. The van der Waals surface area contributed by atoms with Crippen molar-refractivity contribution in [2.24, 2.45) is 5.92 Å². The summed E-state index contributed by atoms with van der Waals surface area (Å²) in [5.74, 6) is -2.58. The molecule has 0 radical (unpaired) electrons. The van der Waals surface area contributed by atoms with Crippen LogP contribution in [0.1, 0.15) is 73.8 Å². The van der Waals surface area contributed by atoms with E-state index in [1.165, 1.54) is 0 Å². The molecule has 7 rings (SSSR count). The summed E-state index contributed by atoms with van der Waals surface area (Å²) in [6.45, 7) is 4.18. The van der Waals surface area contributed by atoms with Crippen molar-refractivity contribution in [1.82, 2.24) is 19.7 Å². The Morgan fingerprint density at radius 1 is 1.02 bits per heavy atom. The zero-order valence-electron chi connectivity index (χ0n) is 26.8. The minimum absolute atomic E-state index is 0.0323. The van der Waals surface area contributed by atoms with Gasteiger partial charge in [-0.15, -0.1) is 0 Å². The number of benzene rings is 2. The molecule has 3 aromatic rings. The van der Waals surface area contributed by atoms with E-state index < -0.39 is 24.4 Å². The third-order valence-corrected chi connectivity index (χ3v) is 10.3. The highest BCUT2D eigenvalue weighted by Gasteiger charge is 2.47. The van der Waals surface area contributed by atoms with Crippen molar-refractivity contribution in [1.29, 1.82) is 0 Å². The molecule has 9 nitrogen and oxygen atoms in total. The summed E-state index contributed by atoms with van der Waals surface area (Å²) >= 11 is 0. The molecule has 2 unspecified atom stereocenters. The number of piperidine rings is 1. The fourth-order valence-electron chi connectivity index (χ4n) is 7.38. The quantitative estimate of drug-likeness (QED) is 0.347. The van der Waals surface area contributed by atoms with Crippen LogP contribution in [0.15, 0.2) is 53.5 Å². The van der Waals surface area contributed by atoms with Crippen molar-refractivity contribution < 1.29 is 27.8 Å². The number of hydrogen-bond acceptors (Lipinski definition) is 6. The van der Waals surface area contributed by atoms with Gasteiger partial charge in [0.25, 0.3) is 17.4 Å². The van der Waals surface area contributed by atoms with Gasteiger partial charge in [0.1, 0.15) is 11.5 Å². The lowest BCUT2D eigenvalue weighted by atomic mass is 9.92. The summed E-state index contributed by atoms with van der Waals surface area (Å²) in [5.41, 5.74) is 0.853. The first kappa shape index (κ1) is 31.8. The van der Waals surface area contributed by atoms with Gasteiger partial charge in [0.2, 0.25) is 5.91 Å². The maximum Gasteiger partial charge on any atom is 0.280 e. The fraction of sp³-hybridized carbons (Fsp3) is 0.528. The minimum Gasteiger partial charge on any atom is -0.457 e. The van der Waals surface area contributed by atoms with E-state index in [9.17, 15) is 14.4 Å². The molecule has 1 N–H and O–H groups in total. The number of rotatable bonds is 8. The highest BCUT2D eigenvalue weighted by molar-refractivity contribution is 5.95. The predicted octanol–water partition coefficient (Wildman–Crippen LogP) is 5.51. The van der Waals surface area contributed by atoms with Crippen LogP contribution in [-0.2, 0) is 16.1 Å². The van der Waals surface area contributed by atoms with Crippen LogP contribution in [0.5, 0.6) is 11.5 Å². The van der Waals surface area contributed by atoms with E-state index in [-0.39, 0.29) is 41.5 Å². The Labute approximate surface area is 272 Å². The summed E-state index contributed by atoms with van der Waals surface area (Å²) < 4.78 is 44.3. The predicted molar refractivity (Wildman–Crippen MR) is 173 cm³/mol. The maximum atomic E-state index is 15.4. The Bertz CT molecular complexity index is 1720. The summed E-state index contributed by atoms with van der Waals surface area (Å²) in [7, 11) is 0. The third kappa shape index (κ3) is 6.65. The lowest BCUT2D eigenvalue weighted by Crippen LogP contribution is -2.60. The number of pyridine rings is 1. The summed E-state index contributed by atoms with van der Waals surface area (Å²) in [5, 5.41) is 3.93. The monoisotopic (exact) mass is 648 g/mol. The SMILES string of the molecule is CC1CC(=O)N(Cc2ccc(C(=O)NC3CCN(C4CCOCC4)CC3(F)F)cc2Oc2ccc3c(=O)n(C4CCC4)ccc3c2)C1. The largest absolute Gasteiger partial charge is 0.457 e. The number of carbonyl (C=O) groups excluding carboxylic acids is 2. The number of hydrogen-bond donors (Lipinski definition) is 1. The molecule has 1 aliphatic carbocycles. The highest BCUT2D eigenvalue weighted by atomic mass is 19.3. The Balaban J connectivity index is 1.12. The second kappa shape index (κ2) is 13.0. The maximum absolute atomic E-state index is 15.4. The van der Waals surface area contributed by atoms with E-state index in [4.69, 9.17) is 9.47 Å². The molecular weight excluding hydrogens is 606 g/mol. The van der Waals surface area contributed by atoms with E-state index in [1.54, 1.807) is 45.9 Å². The number of aromatic nitrogens is 1. The van der Waals surface area contributed by atoms with Gasteiger partial charge < -0.3 is 24.3 Å². The van der Waals surface area contributed by atoms with Gasteiger partial charge in [-0.25, -0.2) is 8.78 Å². The zero-order chi connectivity index (χ0) is 32.7. The highest BCUT2D eigenvalue weighted by Crippen LogP contribution is 2.34. The molecule has 3 aliphatic heterocycles. The van der Waals surface area contributed by atoms with E-state index >= 15 is 8.78 Å². The fourth-order valence-corrected chi connectivity index (χ4v) is 7.38. The van der Waals surface area contributed by atoms with Crippen LogP contribution in [0, 0.1) is 5.92 Å². The first-order valence-corrected chi connectivity index (χ1v) is 16.9. The molecule has 47 heavy (non-hydrogen) atoms. The van der Waals surface area contributed by atoms with Crippen LogP contribution in [0.3, 0.4) is 0 Å². The average Bonchev–Trinajstić information content (AvgIpc) is 3.35. The molecule has 4 fully saturated rings. The molecule has 2 aromatic carbocycles. The number of likely N-dealkylation sites (tertiary alicyclic amines) is 2. The molecule has 3 saturated heterocycles. The van der Waals surface area contributed by atoms with Gasteiger partial charge >= 0.3 is 0 Å². The standard InChI is InChI=1S/C36H42F2N4O5/c1-23-17-33(43)41(20-23)21-26-6-5-25(34(44)39-32-10-13-40(22-36(32,37)38)27-11-15-46-16-12-27)19-31(26)47-29-7-8-30-24(18-29)9-14-42(35(30)45)28-3-2-4-28/h5-9,14,18-19,23,27-28,32H,2-4,10-13,15-17,20-22H2,1H3,(H,39,44).